The first-order valence-electron chi connectivity index (χ1n) is 7.98. The summed E-state index contributed by atoms with van der Waals surface area (Å²) in [7, 11) is 0. The maximum absolute atomic E-state index is 12.8. The van der Waals surface area contributed by atoms with Crippen LogP contribution in [0.3, 0.4) is 0 Å². The van der Waals surface area contributed by atoms with Gasteiger partial charge in [0.25, 0.3) is 5.91 Å². The lowest BCUT2D eigenvalue weighted by atomic mass is 10.00. The zero-order chi connectivity index (χ0) is 16.7. The number of benzene rings is 1. The summed E-state index contributed by atoms with van der Waals surface area (Å²) in [5, 5.41) is 7.50. The first kappa shape index (κ1) is 14.7. The average Bonchev–Trinajstić information content (AvgIpc) is 2.97. The van der Waals surface area contributed by atoms with Gasteiger partial charge < -0.3 is 10.1 Å². The summed E-state index contributed by atoms with van der Waals surface area (Å²) < 4.78 is 7.36. The van der Waals surface area contributed by atoms with E-state index in [-0.39, 0.29) is 11.9 Å². The lowest BCUT2D eigenvalue weighted by molar-refractivity contribution is 0.0923. The Balaban J connectivity index is 1.65. The van der Waals surface area contributed by atoms with Crippen LogP contribution in [0.1, 0.15) is 39.8 Å². The Kier molecular flexibility index (Phi) is 3.45. The molecule has 4 rings (SSSR count). The molecular weight excluding hydrogens is 304 g/mol. The SMILES string of the molecule is Cc1cc2ncc(C(=O)N[C@@H]3CCOc4ccccc43)c(C)n2n1. The zero-order valence-electron chi connectivity index (χ0n) is 13.6. The van der Waals surface area contributed by atoms with Crippen molar-refractivity contribution in [1.82, 2.24) is 19.9 Å². The number of nitrogens with one attached hydrogen (secondary N) is 1. The van der Waals surface area contributed by atoms with Crippen LogP contribution < -0.4 is 10.1 Å². The normalized spacial score (nSPS) is 16.5. The van der Waals surface area contributed by atoms with Crippen molar-refractivity contribution in [2.75, 3.05) is 6.61 Å². The zero-order valence-corrected chi connectivity index (χ0v) is 13.6. The van der Waals surface area contributed by atoms with E-state index in [1.807, 2.05) is 44.2 Å². The maximum atomic E-state index is 12.8. The number of fused-ring (bicyclic) bond motifs is 2. The van der Waals surface area contributed by atoms with Crippen molar-refractivity contribution in [3.63, 3.8) is 0 Å². The van der Waals surface area contributed by atoms with Crippen molar-refractivity contribution < 1.29 is 9.53 Å². The fourth-order valence-electron chi connectivity index (χ4n) is 3.11. The van der Waals surface area contributed by atoms with Crippen LogP contribution in [-0.2, 0) is 0 Å². The number of rotatable bonds is 2. The van der Waals surface area contributed by atoms with Gasteiger partial charge in [-0.2, -0.15) is 5.10 Å². The van der Waals surface area contributed by atoms with Gasteiger partial charge in [-0.05, 0) is 19.9 Å². The van der Waals surface area contributed by atoms with Gasteiger partial charge in [0, 0.05) is 24.2 Å². The van der Waals surface area contributed by atoms with Crippen molar-refractivity contribution in [2.45, 2.75) is 26.3 Å². The molecule has 0 unspecified atom stereocenters. The standard InChI is InChI=1S/C18H18N4O2/c1-11-9-17-19-10-14(12(2)22(17)21-11)18(23)20-15-7-8-24-16-6-4-3-5-13(15)16/h3-6,9-10,15H,7-8H2,1-2H3,(H,20,23)/t15-/m1/s1. The van der Waals surface area contributed by atoms with Gasteiger partial charge >= 0.3 is 0 Å². The third kappa shape index (κ3) is 2.40. The summed E-state index contributed by atoms with van der Waals surface area (Å²) in [6.07, 6.45) is 2.37. The van der Waals surface area contributed by atoms with Gasteiger partial charge in [0.2, 0.25) is 0 Å². The summed E-state index contributed by atoms with van der Waals surface area (Å²) >= 11 is 0. The van der Waals surface area contributed by atoms with E-state index in [9.17, 15) is 4.79 Å². The van der Waals surface area contributed by atoms with Gasteiger partial charge in [0.05, 0.1) is 29.6 Å². The van der Waals surface area contributed by atoms with Crippen LogP contribution >= 0.6 is 0 Å². The summed E-state index contributed by atoms with van der Waals surface area (Å²) in [6, 6.07) is 9.65. The highest BCUT2D eigenvalue weighted by Gasteiger charge is 2.24. The second-order valence-electron chi connectivity index (χ2n) is 6.01. The Labute approximate surface area is 139 Å². The molecule has 1 N–H and O–H groups in total. The van der Waals surface area contributed by atoms with E-state index in [0.29, 0.717) is 12.2 Å². The molecule has 2 aromatic heterocycles. The topological polar surface area (TPSA) is 68.5 Å². The predicted molar refractivity (Wildman–Crippen MR) is 89.2 cm³/mol. The van der Waals surface area contributed by atoms with E-state index >= 15 is 0 Å². The number of hydrogen-bond donors (Lipinski definition) is 1. The number of carbonyl (C=O) groups excluding carboxylic acids is 1. The van der Waals surface area contributed by atoms with Crippen LogP contribution in [0, 0.1) is 13.8 Å². The fourth-order valence-corrected chi connectivity index (χ4v) is 3.11. The number of para-hydroxylation sites is 1. The van der Waals surface area contributed by atoms with E-state index < -0.39 is 0 Å². The minimum absolute atomic E-state index is 0.0584. The molecule has 6 heteroatoms. The quantitative estimate of drug-likeness (QED) is 0.787. The van der Waals surface area contributed by atoms with Gasteiger partial charge in [-0.25, -0.2) is 9.50 Å². The van der Waals surface area contributed by atoms with Crippen molar-refractivity contribution in [3.8, 4) is 5.75 Å². The molecule has 0 saturated heterocycles. The molecule has 0 fully saturated rings. The largest absolute Gasteiger partial charge is 0.493 e. The first-order chi connectivity index (χ1) is 11.6. The highest BCUT2D eigenvalue weighted by atomic mass is 16.5. The minimum Gasteiger partial charge on any atom is -0.493 e. The molecule has 3 heterocycles. The number of carbonyl (C=O) groups is 1. The molecule has 1 amide bonds. The van der Waals surface area contributed by atoms with E-state index in [0.717, 1.165) is 34.8 Å². The van der Waals surface area contributed by atoms with E-state index in [2.05, 4.69) is 15.4 Å². The van der Waals surface area contributed by atoms with Gasteiger partial charge in [0.1, 0.15) is 5.75 Å². The van der Waals surface area contributed by atoms with Crippen LogP contribution in [0.4, 0.5) is 0 Å². The highest BCUT2D eigenvalue weighted by molar-refractivity contribution is 5.95. The van der Waals surface area contributed by atoms with Crippen LogP contribution in [-0.4, -0.2) is 27.1 Å². The molecule has 1 atom stereocenters. The summed E-state index contributed by atoms with van der Waals surface area (Å²) in [5.41, 5.74) is 3.96. The molecule has 122 valence electrons. The van der Waals surface area contributed by atoms with Crippen LogP contribution in [0.2, 0.25) is 0 Å². The van der Waals surface area contributed by atoms with Gasteiger partial charge in [-0.1, -0.05) is 18.2 Å². The molecule has 3 aromatic rings. The average molecular weight is 322 g/mol. The highest BCUT2D eigenvalue weighted by Crippen LogP contribution is 2.31. The van der Waals surface area contributed by atoms with E-state index in [4.69, 9.17) is 4.74 Å². The fraction of sp³-hybridized carbons (Fsp3) is 0.278. The first-order valence-corrected chi connectivity index (χ1v) is 7.98. The molecule has 0 spiro atoms. The lowest BCUT2D eigenvalue weighted by Crippen LogP contribution is -2.33. The van der Waals surface area contributed by atoms with Gasteiger partial charge in [-0.15, -0.1) is 0 Å². The van der Waals surface area contributed by atoms with Crippen molar-refractivity contribution in [2.24, 2.45) is 0 Å². The van der Waals surface area contributed by atoms with Crippen molar-refractivity contribution in [1.29, 1.82) is 0 Å². The molecule has 0 radical (unpaired) electrons. The number of hydrogen-bond acceptors (Lipinski definition) is 4. The van der Waals surface area contributed by atoms with Crippen LogP contribution in [0.5, 0.6) is 5.75 Å². The second-order valence-corrected chi connectivity index (χ2v) is 6.01. The third-order valence-electron chi connectivity index (χ3n) is 4.35. The molecule has 0 bridgehead atoms. The number of nitrogens with zero attached hydrogens (tertiary/aromatic N) is 3. The Morgan fingerprint density at radius 2 is 2.17 bits per heavy atom. The summed E-state index contributed by atoms with van der Waals surface area (Å²) in [4.78, 5) is 17.1. The molecule has 1 aromatic carbocycles. The Morgan fingerprint density at radius 1 is 1.33 bits per heavy atom. The third-order valence-corrected chi connectivity index (χ3v) is 4.35. The van der Waals surface area contributed by atoms with Crippen LogP contribution in [0.15, 0.2) is 36.5 Å². The van der Waals surface area contributed by atoms with E-state index in [1.165, 1.54) is 0 Å². The maximum Gasteiger partial charge on any atom is 0.255 e. The van der Waals surface area contributed by atoms with Gasteiger partial charge in [-0.3, -0.25) is 4.79 Å². The summed E-state index contributed by atoms with van der Waals surface area (Å²) in [5.74, 6) is 0.693. The van der Waals surface area contributed by atoms with Crippen LogP contribution in [0.25, 0.3) is 5.65 Å². The van der Waals surface area contributed by atoms with Crippen molar-refractivity contribution >= 4 is 11.6 Å². The smallest absolute Gasteiger partial charge is 0.255 e. The number of aromatic nitrogens is 3. The summed E-state index contributed by atoms with van der Waals surface area (Å²) in [6.45, 7) is 4.39. The predicted octanol–water partition coefficient (Wildman–Crippen LogP) is 2.60. The molecule has 0 saturated carbocycles. The molecular formula is C18H18N4O2. The minimum atomic E-state index is -0.142. The Bertz CT molecular complexity index is 932. The Morgan fingerprint density at radius 3 is 3.04 bits per heavy atom. The lowest BCUT2D eigenvalue weighted by Gasteiger charge is -2.26. The molecule has 0 aliphatic carbocycles. The van der Waals surface area contributed by atoms with Crippen molar-refractivity contribution in [3.05, 3.63) is 59.0 Å². The molecule has 1 aliphatic rings. The second kappa shape index (κ2) is 5.63. The number of ether oxygens (including phenoxy) is 1. The molecule has 24 heavy (non-hydrogen) atoms. The monoisotopic (exact) mass is 322 g/mol. The molecule has 1 aliphatic heterocycles. The number of aryl methyl sites for hydroxylation is 2. The Hall–Kier alpha value is -2.89. The number of amides is 1. The van der Waals surface area contributed by atoms with E-state index in [1.54, 1.807) is 10.7 Å². The molecule has 6 nitrogen and oxygen atoms in total. The van der Waals surface area contributed by atoms with Gasteiger partial charge in [0.15, 0.2) is 5.65 Å².